The van der Waals surface area contributed by atoms with E-state index in [0.717, 1.165) is 44.9 Å². The fourth-order valence-corrected chi connectivity index (χ4v) is 8.32. The van der Waals surface area contributed by atoms with Crippen LogP contribution in [-0.4, -0.2) is 19.1 Å². The third kappa shape index (κ3) is 4.70. The van der Waals surface area contributed by atoms with E-state index in [2.05, 4.69) is 179 Å². The molecule has 3 heterocycles. The predicted octanol–water partition coefficient (Wildman–Crippen LogP) is 12.8. The first-order valence-electron chi connectivity index (χ1n) is 18.3. The molecule has 4 nitrogen and oxygen atoms in total. The minimum absolute atomic E-state index is 0.691. The van der Waals surface area contributed by atoms with E-state index in [9.17, 15) is 0 Å². The van der Waals surface area contributed by atoms with Crippen LogP contribution in [0.3, 0.4) is 0 Å². The number of aromatic nitrogens is 4. The van der Waals surface area contributed by atoms with Gasteiger partial charge in [-0.05, 0) is 52.7 Å². The standard InChI is InChI=1S/C50H32N4/c1-3-15-33(16-4-1)43-32-47(52-50(51-43)35-17-5-2-6-18-35)54-46-26-14-11-23-41(46)42-31-36-19-7-8-20-38(36)48(49(42)54)34-27-29-37(30-28-34)53-44-24-12-9-21-39(44)40-22-10-13-25-45(40)53/h1-32H. The van der Waals surface area contributed by atoms with Crippen LogP contribution in [0.5, 0.6) is 0 Å². The lowest BCUT2D eigenvalue weighted by molar-refractivity contribution is 1.05. The summed E-state index contributed by atoms with van der Waals surface area (Å²) in [7, 11) is 0. The summed E-state index contributed by atoms with van der Waals surface area (Å²) in [5, 5.41) is 7.28. The Morgan fingerprint density at radius 1 is 0.352 bits per heavy atom. The largest absolute Gasteiger partial charge is 0.309 e. The quantitative estimate of drug-likeness (QED) is 0.180. The monoisotopic (exact) mass is 688 g/mol. The van der Waals surface area contributed by atoms with Gasteiger partial charge in [0.05, 0.1) is 27.8 Å². The van der Waals surface area contributed by atoms with E-state index in [0.29, 0.717) is 5.82 Å². The SMILES string of the molecule is c1ccc(-c2cc(-n3c4ccccc4c4cc5ccccc5c(-c5ccc(-n6c7ccccc7c7ccccc76)cc5)c43)nc(-c3ccccc3)n2)cc1. The van der Waals surface area contributed by atoms with Gasteiger partial charge in [-0.3, -0.25) is 4.57 Å². The molecule has 8 aromatic carbocycles. The molecule has 0 radical (unpaired) electrons. The molecule has 0 aliphatic carbocycles. The minimum Gasteiger partial charge on any atom is -0.309 e. The number of para-hydroxylation sites is 3. The van der Waals surface area contributed by atoms with Crippen LogP contribution in [0.15, 0.2) is 194 Å². The second-order valence-corrected chi connectivity index (χ2v) is 13.8. The van der Waals surface area contributed by atoms with Crippen molar-refractivity contribution >= 4 is 54.4 Å². The Labute approximate surface area is 311 Å². The summed E-state index contributed by atoms with van der Waals surface area (Å²) in [4.78, 5) is 10.5. The molecule has 0 aliphatic heterocycles. The first kappa shape index (κ1) is 30.3. The minimum atomic E-state index is 0.691. The summed E-state index contributed by atoms with van der Waals surface area (Å²) in [6, 6.07) is 69.0. The predicted molar refractivity (Wildman–Crippen MR) is 225 cm³/mol. The fourth-order valence-electron chi connectivity index (χ4n) is 8.32. The van der Waals surface area contributed by atoms with Gasteiger partial charge in [-0.15, -0.1) is 0 Å². The van der Waals surface area contributed by atoms with Gasteiger partial charge < -0.3 is 4.57 Å². The zero-order valence-electron chi connectivity index (χ0n) is 29.3. The van der Waals surface area contributed by atoms with Crippen LogP contribution in [0.2, 0.25) is 0 Å². The van der Waals surface area contributed by atoms with E-state index < -0.39 is 0 Å². The maximum Gasteiger partial charge on any atom is 0.162 e. The van der Waals surface area contributed by atoms with Gasteiger partial charge in [0.15, 0.2) is 5.82 Å². The smallest absolute Gasteiger partial charge is 0.162 e. The van der Waals surface area contributed by atoms with Crippen LogP contribution in [0.25, 0.3) is 99.7 Å². The maximum absolute atomic E-state index is 5.34. The number of benzene rings is 8. The van der Waals surface area contributed by atoms with Gasteiger partial charge in [-0.25, -0.2) is 9.97 Å². The Balaban J connectivity index is 1.21. The first-order valence-corrected chi connectivity index (χ1v) is 18.3. The molecule has 11 aromatic rings. The van der Waals surface area contributed by atoms with Gasteiger partial charge in [-0.1, -0.05) is 152 Å². The van der Waals surface area contributed by atoms with Gasteiger partial charge in [0.25, 0.3) is 0 Å². The average Bonchev–Trinajstić information content (AvgIpc) is 3.76. The molecule has 0 N–H and O–H groups in total. The number of nitrogens with zero attached hydrogens (tertiary/aromatic N) is 4. The van der Waals surface area contributed by atoms with E-state index in [4.69, 9.17) is 9.97 Å². The molecule has 4 heteroatoms. The van der Waals surface area contributed by atoms with E-state index >= 15 is 0 Å². The van der Waals surface area contributed by atoms with Gasteiger partial charge in [0.1, 0.15) is 5.82 Å². The number of hydrogen-bond donors (Lipinski definition) is 0. The molecule has 252 valence electrons. The topological polar surface area (TPSA) is 35.6 Å². The van der Waals surface area contributed by atoms with Crippen molar-refractivity contribution in [1.82, 2.24) is 19.1 Å². The molecule has 0 saturated carbocycles. The summed E-state index contributed by atoms with van der Waals surface area (Å²) in [5.74, 6) is 1.52. The summed E-state index contributed by atoms with van der Waals surface area (Å²) >= 11 is 0. The van der Waals surface area contributed by atoms with Crippen LogP contribution < -0.4 is 0 Å². The molecule has 0 aliphatic rings. The zero-order valence-corrected chi connectivity index (χ0v) is 29.3. The van der Waals surface area contributed by atoms with Crippen molar-refractivity contribution in [3.63, 3.8) is 0 Å². The van der Waals surface area contributed by atoms with Crippen molar-refractivity contribution in [1.29, 1.82) is 0 Å². The van der Waals surface area contributed by atoms with Crippen molar-refractivity contribution in [3.8, 4) is 45.3 Å². The molecule has 0 spiro atoms. The lowest BCUT2D eigenvalue weighted by Gasteiger charge is -2.16. The second-order valence-electron chi connectivity index (χ2n) is 13.8. The molecule has 0 bridgehead atoms. The molecule has 0 saturated heterocycles. The van der Waals surface area contributed by atoms with Crippen molar-refractivity contribution < 1.29 is 0 Å². The summed E-state index contributed by atoms with van der Waals surface area (Å²) in [5.41, 5.74) is 11.0. The first-order chi connectivity index (χ1) is 26.8. The van der Waals surface area contributed by atoms with Crippen LogP contribution in [0, 0.1) is 0 Å². The average molecular weight is 689 g/mol. The van der Waals surface area contributed by atoms with Gasteiger partial charge in [0.2, 0.25) is 0 Å². The highest BCUT2D eigenvalue weighted by molar-refractivity contribution is 6.21. The molecule has 0 fully saturated rings. The molecule has 0 unspecified atom stereocenters. The van der Waals surface area contributed by atoms with Crippen molar-refractivity contribution in [2.45, 2.75) is 0 Å². The number of rotatable bonds is 5. The Morgan fingerprint density at radius 3 is 1.52 bits per heavy atom. The van der Waals surface area contributed by atoms with Crippen LogP contribution in [0.1, 0.15) is 0 Å². The summed E-state index contributed by atoms with van der Waals surface area (Å²) in [6.07, 6.45) is 0. The number of hydrogen-bond acceptors (Lipinski definition) is 2. The maximum atomic E-state index is 5.34. The lowest BCUT2D eigenvalue weighted by Crippen LogP contribution is -2.03. The molecular weight excluding hydrogens is 657 g/mol. The molecule has 0 amide bonds. The molecule has 11 rings (SSSR count). The third-order valence-corrected chi connectivity index (χ3v) is 10.7. The van der Waals surface area contributed by atoms with E-state index in [-0.39, 0.29) is 0 Å². The highest BCUT2D eigenvalue weighted by Crippen LogP contribution is 2.43. The number of fused-ring (bicyclic) bond motifs is 7. The highest BCUT2D eigenvalue weighted by Gasteiger charge is 2.22. The van der Waals surface area contributed by atoms with Crippen molar-refractivity contribution in [2.75, 3.05) is 0 Å². The van der Waals surface area contributed by atoms with Gasteiger partial charge in [0, 0.05) is 50.0 Å². The Hall–Kier alpha value is -7.30. The second kappa shape index (κ2) is 12.1. The Kier molecular flexibility index (Phi) is 6.82. The van der Waals surface area contributed by atoms with Crippen molar-refractivity contribution in [2.24, 2.45) is 0 Å². The molecular formula is C50H32N4. The lowest BCUT2D eigenvalue weighted by atomic mass is 9.94. The Bertz CT molecular complexity index is 3080. The van der Waals surface area contributed by atoms with E-state index in [1.807, 2.05) is 24.3 Å². The van der Waals surface area contributed by atoms with Gasteiger partial charge >= 0.3 is 0 Å². The zero-order chi connectivity index (χ0) is 35.6. The van der Waals surface area contributed by atoms with Crippen molar-refractivity contribution in [3.05, 3.63) is 194 Å². The van der Waals surface area contributed by atoms with Crippen LogP contribution >= 0.6 is 0 Å². The van der Waals surface area contributed by atoms with E-state index in [1.165, 1.54) is 48.9 Å². The highest BCUT2D eigenvalue weighted by atomic mass is 15.1. The van der Waals surface area contributed by atoms with Gasteiger partial charge in [-0.2, -0.15) is 0 Å². The summed E-state index contributed by atoms with van der Waals surface area (Å²) in [6.45, 7) is 0. The van der Waals surface area contributed by atoms with Crippen LogP contribution in [0.4, 0.5) is 0 Å². The molecule has 3 aromatic heterocycles. The molecule has 0 atom stereocenters. The third-order valence-electron chi connectivity index (χ3n) is 10.7. The van der Waals surface area contributed by atoms with Crippen LogP contribution in [-0.2, 0) is 0 Å². The normalized spacial score (nSPS) is 11.7. The molecule has 54 heavy (non-hydrogen) atoms. The van der Waals surface area contributed by atoms with E-state index in [1.54, 1.807) is 0 Å². The summed E-state index contributed by atoms with van der Waals surface area (Å²) < 4.78 is 4.73. The fraction of sp³-hybridized carbons (Fsp3) is 0. The Morgan fingerprint density at radius 2 is 0.870 bits per heavy atom.